The van der Waals surface area contributed by atoms with Crippen LogP contribution in [0.25, 0.3) is 11.3 Å². The van der Waals surface area contributed by atoms with Crippen molar-refractivity contribution in [3.8, 4) is 11.3 Å². The molecule has 0 saturated carbocycles. The van der Waals surface area contributed by atoms with E-state index >= 15 is 0 Å². The molecular formula is C11H11ClN2O. The van der Waals surface area contributed by atoms with Gasteiger partial charge in [0.25, 0.3) is 0 Å². The average Bonchev–Trinajstić information content (AvgIpc) is 2.68. The molecule has 0 radical (unpaired) electrons. The summed E-state index contributed by atoms with van der Waals surface area (Å²) >= 11 is 5.81. The molecule has 78 valence electrons. The molecule has 3 nitrogen and oxygen atoms in total. The lowest BCUT2D eigenvalue weighted by Crippen LogP contribution is -1.94. The molecule has 0 bridgehead atoms. The van der Waals surface area contributed by atoms with Crippen molar-refractivity contribution in [2.75, 3.05) is 7.11 Å². The minimum Gasteiger partial charge on any atom is -0.364 e. The molecule has 1 aromatic carbocycles. The van der Waals surface area contributed by atoms with Crippen LogP contribution in [0.4, 0.5) is 0 Å². The minimum absolute atomic E-state index is 0.514. The largest absolute Gasteiger partial charge is 0.364 e. The highest BCUT2D eigenvalue weighted by atomic mass is 35.5. The normalized spacial score (nSPS) is 10.5. The van der Waals surface area contributed by atoms with Gasteiger partial charge in [-0.3, -0.25) is 0 Å². The molecule has 0 spiro atoms. The third-order valence-electron chi connectivity index (χ3n) is 2.05. The number of halogens is 1. The second kappa shape index (κ2) is 4.47. The smallest absolute Gasteiger partial charge is 0.123 e. The van der Waals surface area contributed by atoms with Crippen LogP contribution in [0, 0.1) is 0 Å². The monoisotopic (exact) mass is 222 g/mol. The van der Waals surface area contributed by atoms with E-state index in [1.807, 2.05) is 35.0 Å². The fraction of sp³-hybridized carbons (Fsp3) is 0.182. The minimum atomic E-state index is 0.514. The van der Waals surface area contributed by atoms with E-state index in [0.29, 0.717) is 6.73 Å². The second-order valence-corrected chi connectivity index (χ2v) is 3.63. The molecule has 0 aliphatic carbocycles. The van der Waals surface area contributed by atoms with Gasteiger partial charge in [-0.05, 0) is 12.1 Å². The van der Waals surface area contributed by atoms with E-state index in [1.165, 1.54) is 0 Å². The van der Waals surface area contributed by atoms with Gasteiger partial charge in [0.15, 0.2) is 0 Å². The quantitative estimate of drug-likeness (QED) is 0.799. The zero-order valence-electron chi connectivity index (χ0n) is 8.35. The summed E-state index contributed by atoms with van der Waals surface area (Å²) in [5.74, 6) is 0. The number of hydrogen-bond acceptors (Lipinski definition) is 2. The predicted octanol–water partition coefficient (Wildman–Crippen LogP) is 2.81. The van der Waals surface area contributed by atoms with E-state index in [9.17, 15) is 0 Å². The first-order chi connectivity index (χ1) is 7.29. The summed E-state index contributed by atoms with van der Waals surface area (Å²) in [4.78, 5) is 4.27. The molecule has 2 rings (SSSR count). The van der Waals surface area contributed by atoms with Crippen molar-refractivity contribution in [3.63, 3.8) is 0 Å². The molecular weight excluding hydrogens is 212 g/mol. The standard InChI is InChI=1S/C11H11ClN2O/c1-15-8-14-6-11(13-7-14)9-2-4-10(12)5-3-9/h2-7H,8H2,1H3. The number of benzene rings is 1. The third-order valence-corrected chi connectivity index (χ3v) is 2.30. The first-order valence-electron chi connectivity index (χ1n) is 4.56. The molecule has 0 saturated heterocycles. The number of nitrogens with zero attached hydrogens (tertiary/aromatic N) is 2. The van der Waals surface area contributed by atoms with Crippen LogP contribution in [0.5, 0.6) is 0 Å². The fourth-order valence-electron chi connectivity index (χ4n) is 1.35. The van der Waals surface area contributed by atoms with Gasteiger partial charge in [-0.15, -0.1) is 0 Å². The molecule has 0 N–H and O–H groups in total. The van der Waals surface area contributed by atoms with Crippen molar-refractivity contribution in [2.24, 2.45) is 0 Å². The Balaban J connectivity index is 2.25. The third kappa shape index (κ3) is 2.37. The molecule has 1 heterocycles. The van der Waals surface area contributed by atoms with Crippen LogP contribution in [0.2, 0.25) is 5.02 Å². The van der Waals surface area contributed by atoms with Gasteiger partial charge in [-0.2, -0.15) is 0 Å². The lowest BCUT2D eigenvalue weighted by Gasteiger charge is -1.98. The van der Waals surface area contributed by atoms with E-state index in [1.54, 1.807) is 13.4 Å². The molecule has 0 amide bonds. The Bertz CT molecular complexity index is 436. The fourth-order valence-corrected chi connectivity index (χ4v) is 1.48. The maximum Gasteiger partial charge on any atom is 0.123 e. The lowest BCUT2D eigenvalue weighted by molar-refractivity contribution is 0.131. The Morgan fingerprint density at radius 2 is 2.07 bits per heavy atom. The maximum absolute atomic E-state index is 5.81. The van der Waals surface area contributed by atoms with E-state index in [-0.39, 0.29) is 0 Å². The SMILES string of the molecule is COCn1cnc(-c2ccc(Cl)cc2)c1. The Hall–Kier alpha value is -1.32. The Labute approximate surface area is 93.3 Å². The lowest BCUT2D eigenvalue weighted by atomic mass is 10.2. The number of imidazole rings is 1. The number of methoxy groups -OCH3 is 1. The number of hydrogen-bond donors (Lipinski definition) is 0. The van der Waals surface area contributed by atoms with Crippen molar-refractivity contribution in [2.45, 2.75) is 6.73 Å². The Kier molecular flexibility index (Phi) is 3.04. The maximum atomic E-state index is 5.81. The van der Waals surface area contributed by atoms with Crippen LogP contribution in [0.3, 0.4) is 0 Å². The molecule has 0 fully saturated rings. The first-order valence-corrected chi connectivity index (χ1v) is 4.94. The second-order valence-electron chi connectivity index (χ2n) is 3.20. The van der Waals surface area contributed by atoms with E-state index in [2.05, 4.69) is 4.98 Å². The van der Waals surface area contributed by atoms with Gasteiger partial charge in [0.2, 0.25) is 0 Å². The van der Waals surface area contributed by atoms with E-state index in [4.69, 9.17) is 16.3 Å². The van der Waals surface area contributed by atoms with Crippen molar-refractivity contribution in [1.82, 2.24) is 9.55 Å². The highest BCUT2D eigenvalue weighted by molar-refractivity contribution is 6.30. The average molecular weight is 223 g/mol. The summed E-state index contributed by atoms with van der Waals surface area (Å²) in [6.07, 6.45) is 3.68. The van der Waals surface area contributed by atoms with Crippen LogP contribution in [0.1, 0.15) is 0 Å². The predicted molar refractivity (Wildman–Crippen MR) is 59.7 cm³/mol. The zero-order valence-corrected chi connectivity index (χ0v) is 9.11. The van der Waals surface area contributed by atoms with E-state index in [0.717, 1.165) is 16.3 Å². The van der Waals surface area contributed by atoms with Gasteiger partial charge >= 0.3 is 0 Å². The number of ether oxygens (including phenoxy) is 1. The van der Waals surface area contributed by atoms with Crippen molar-refractivity contribution in [3.05, 3.63) is 41.8 Å². The van der Waals surface area contributed by atoms with Crippen LogP contribution in [-0.2, 0) is 11.5 Å². The van der Waals surface area contributed by atoms with Gasteiger partial charge in [-0.1, -0.05) is 23.7 Å². The molecule has 1 aromatic heterocycles. The molecule has 2 aromatic rings. The van der Waals surface area contributed by atoms with E-state index < -0.39 is 0 Å². The molecule has 0 atom stereocenters. The summed E-state index contributed by atoms with van der Waals surface area (Å²) in [6.45, 7) is 0.514. The summed E-state index contributed by atoms with van der Waals surface area (Å²) in [7, 11) is 1.65. The van der Waals surface area contributed by atoms with Gasteiger partial charge in [-0.25, -0.2) is 4.98 Å². The number of aromatic nitrogens is 2. The Morgan fingerprint density at radius 1 is 1.33 bits per heavy atom. The van der Waals surface area contributed by atoms with Gasteiger partial charge in [0.05, 0.1) is 12.0 Å². The summed E-state index contributed by atoms with van der Waals surface area (Å²) < 4.78 is 6.88. The molecule has 0 aliphatic heterocycles. The highest BCUT2D eigenvalue weighted by Gasteiger charge is 2.01. The zero-order chi connectivity index (χ0) is 10.7. The van der Waals surface area contributed by atoms with Crippen molar-refractivity contribution >= 4 is 11.6 Å². The molecule has 0 aliphatic rings. The van der Waals surface area contributed by atoms with Gasteiger partial charge in [0.1, 0.15) is 6.73 Å². The van der Waals surface area contributed by atoms with Crippen molar-refractivity contribution < 1.29 is 4.74 Å². The summed E-state index contributed by atoms with van der Waals surface area (Å²) in [5.41, 5.74) is 1.97. The summed E-state index contributed by atoms with van der Waals surface area (Å²) in [5, 5.41) is 0.732. The van der Waals surface area contributed by atoms with Gasteiger partial charge in [0, 0.05) is 23.9 Å². The highest BCUT2D eigenvalue weighted by Crippen LogP contribution is 2.19. The Morgan fingerprint density at radius 3 is 2.73 bits per heavy atom. The first kappa shape index (κ1) is 10.2. The summed E-state index contributed by atoms with van der Waals surface area (Å²) in [6, 6.07) is 7.60. The molecule has 4 heteroatoms. The molecule has 0 unspecified atom stereocenters. The van der Waals surface area contributed by atoms with Gasteiger partial charge < -0.3 is 9.30 Å². The van der Waals surface area contributed by atoms with Crippen LogP contribution < -0.4 is 0 Å². The molecule has 15 heavy (non-hydrogen) atoms. The topological polar surface area (TPSA) is 27.1 Å². The van der Waals surface area contributed by atoms with Crippen LogP contribution in [0.15, 0.2) is 36.8 Å². The van der Waals surface area contributed by atoms with Crippen LogP contribution in [-0.4, -0.2) is 16.7 Å². The van der Waals surface area contributed by atoms with Crippen molar-refractivity contribution in [1.29, 1.82) is 0 Å². The van der Waals surface area contributed by atoms with Crippen LogP contribution >= 0.6 is 11.6 Å². The number of rotatable bonds is 3.